The Bertz CT molecular complexity index is 617. The van der Waals surface area contributed by atoms with Crippen LogP contribution >= 0.6 is 11.8 Å². The van der Waals surface area contributed by atoms with Crippen molar-refractivity contribution >= 4 is 23.4 Å². The first-order chi connectivity index (χ1) is 10.6. The molecule has 6 heteroatoms. The Morgan fingerprint density at radius 3 is 2.91 bits per heavy atom. The van der Waals surface area contributed by atoms with Gasteiger partial charge in [0.25, 0.3) is 0 Å². The lowest BCUT2D eigenvalue weighted by molar-refractivity contribution is -0.132. The average molecular weight is 320 g/mol. The Hall–Kier alpha value is -1.69. The van der Waals surface area contributed by atoms with Crippen LogP contribution in [0.5, 0.6) is 11.5 Å². The summed E-state index contributed by atoms with van der Waals surface area (Å²) in [5.41, 5.74) is 1.93. The van der Waals surface area contributed by atoms with Crippen LogP contribution in [0.2, 0.25) is 0 Å². The van der Waals surface area contributed by atoms with Crippen molar-refractivity contribution in [2.75, 3.05) is 25.8 Å². The van der Waals surface area contributed by atoms with Crippen LogP contribution in [0.1, 0.15) is 18.9 Å². The van der Waals surface area contributed by atoms with Crippen molar-refractivity contribution in [3.8, 4) is 11.5 Å². The molecule has 22 heavy (non-hydrogen) atoms. The maximum Gasteiger partial charge on any atom is 0.247 e. The number of rotatable bonds is 4. The first kappa shape index (κ1) is 15.2. The van der Waals surface area contributed by atoms with Gasteiger partial charge in [0.1, 0.15) is 6.04 Å². The Morgan fingerprint density at radius 1 is 1.36 bits per heavy atom. The Labute approximate surface area is 134 Å². The molecule has 0 fully saturated rings. The number of fused-ring (bicyclic) bond motifs is 1. The van der Waals surface area contributed by atoms with Gasteiger partial charge in [-0.2, -0.15) is 11.8 Å². The largest absolute Gasteiger partial charge is 0.454 e. The van der Waals surface area contributed by atoms with E-state index in [1.807, 2.05) is 38.4 Å². The highest BCUT2D eigenvalue weighted by atomic mass is 32.2. The minimum Gasteiger partial charge on any atom is -0.454 e. The maximum absolute atomic E-state index is 12.4. The van der Waals surface area contributed by atoms with E-state index in [-0.39, 0.29) is 24.8 Å². The third-order valence-electron chi connectivity index (χ3n) is 4.17. The van der Waals surface area contributed by atoms with Crippen molar-refractivity contribution < 1.29 is 14.3 Å². The molecule has 2 aliphatic rings. The van der Waals surface area contributed by atoms with E-state index in [0.29, 0.717) is 0 Å². The van der Waals surface area contributed by atoms with E-state index in [1.165, 1.54) is 0 Å². The molecule has 0 N–H and O–H groups in total. The van der Waals surface area contributed by atoms with Crippen LogP contribution in [0.4, 0.5) is 0 Å². The Balaban J connectivity index is 1.94. The lowest BCUT2D eigenvalue weighted by Gasteiger charge is -2.34. The molecule has 1 aromatic carbocycles. The van der Waals surface area contributed by atoms with Crippen molar-refractivity contribution in [1.82, 2.24) is 4.90 Å². The molecule has 0 aliphatic carbocycles. The number of ether oxygens (including phenoxy) is 2. The fourth-order valence-electron chi connectivity index (χ4n) is 2.73. The van der Waals surface area contributed by atoms with Gasteiger partial charge in [-0.1, -0.05) is 0 Å². The highest BCUT2D eigenvalue weighted by Gasteiger charge is 2.33. The summed E-state index contributed by atoms with van der Waals surface area (Å²) in [4.78, 5) is 18.9. The van der Waals surface area contributed by atoms with Gasteiger partial charge in [-0.15, -0.1) is 0 Å². The van der Waals surface area contributed by atoms with E-state index in [4.69, 9.17) is 14.5 Å². The quantitative estimate of drug-likeness (QED) is 0.853. The standard InChI is InChI=1S/C16H20N2O3S/c1-10-15(11-4-5-13-14(8-11)21-9-20-13)17-12(6-7-22-3)16(19)18(10)2/h4-5,8,10,12H,6-7,9H2,1-3H3/t10?,12-/m0/s1. The van der Waals surface area contributed by atoms with Crippen molar-refractivity contribution in [3.63, 3.8) is 0 Å². The molecule has 1 amide bonds. The van der Waals surface area contributed by atoms with Gasteiger partial charge in [-0.05, 0) is 43.6 Å². The third-order valence-corrected chi connectivity index (χ3v) is 4.81. The van der Waals surface area contributed by atoms with Gasteiger partial charge in [-0.3, -0.25) is 9.79 Å². The van der Waals surface area contributed by atoms with Crippen LogP contribution in [-0.2, 0) is 4.79 Å². The average Bonchev–Trinajstić information content (AvgIpc) is 2.99. The smallest absolute Gasteiger partial charge is 0.247 e. The van der Waals surface area contributed by atoms with Crippen LogP contribution in [0, 0.1) is 0 Å². The monoisotopic (exact) mass is 320 g/mol. The van der Waals surface area contributed by atoms with E-state index < -0.39 is 0 Å². The number of aliphatic imine (C=N–C) groups is 1. The molecule has 5 nitrogen and oxygen atoms in total. The molecule has 0 saturated heterocycles. The molecular formula is C16H20N2O3S. The molecule has 2 heterocycles. The second kappa shape index (κ2) is 6.20. The molecule has 1 unspecified atom stereocenters. The van der Waals surface area contributed by atoms with Crippen LogP contribution in [0.3, 0.4) is 0 Å². The highest BCUT2D eigenvalue weighted by Crippen LogP contribution is 2.33. The number of benzene rings is 1. The number of thioether (sulfide) groups is 1. The first-order valence-electron chi connectivity index (χ1n) is 7.35. The minimum atomic E-state index is -0.283. The van der Waals surface area contributed by atoms with Crippen LogP contribution in [0.15, 0.2) is 23.2 Å². The predicted molar refractivity (Wildman–Crippen MR) is 88.1 cm³/mol. The zero-order chi connectivity index (χ0) is 15.7. The molecular weight excluding hydrogens is 300 g/mol. The molecule has 0 radical (unpaired) electrons. The zero-order valence-electron chi connectivity index (χ0n) is 13.0. The summed E-state index contributed by atoms with van der Waals surface area (Å²) < 4.78 is 10.8. The van der Waals surface area contributed by atoms with Crippen molar-refractivity contribution in [3.05, 3.63) is 23.8 Å². The Kier molecular flexibility index (Phi) is 4.29. The van der Waals surface area contributed by atoms with Gasteiger partial charge in [0.15, 0.2) is 11.5 Å². The van der Waals surface area contributed by atoms with Crippen LogP contribution in [-0.4, -0.2) is 54.5 Å². The highest BCUT2D eigenvalue weighted by molar-refractivity contribution is 7.98. The van der Waals surface area contributed by atoms with Crippen LogP contribution < -0.4 is 9.47 Å². The number of likely N-dealkylation sites (N-methyl/N-ethyl adjacent to an activating group) is 1. The van der Waals surface area contributed by atoms with Gasteiger partial charge in [0, 0.05) is 12.6 Å². The molecule has 1 aromatic rings. The van der Waals surface area contributed by atoms with E-state index in [9.17, 15) is 4.79 Å². The van der Waals surface area contributed by atoms with E-state index in [2.05, 4.69) is 0 Å². The molecule has 0 spiro atoms. The van der Waals surface area contributed by atoms with Gasteiger partial charge < -0.3 is 14.4 Å². The summed E-state index contributed by atoms with van der Waals surface area (Å²) >= 11 is 1.74. The minimum absolute atomic E-state index is 0.0431. The second-order valence-electron chi connectivity index (χ2n) is 5.50. The lowest BCUT2D eigenvalue weighted by atomic mass is 9.98. The molecule has 0 saturated carbocycles. The summed E-state index contributed by atoms with van der Waals surface area (Å²) in [5, 5.41) is 0. The zero-order valence-corrected chi connectivity index (χ0v) is 13.9. The fraction of sp³-hybridized carbons (Fsp3) is 0.500. The number of hydrogen-bond acceptors (Lipinski definition) is 5. The summed E-state index contributed by atoms with van der Waals surface area (Å²) in [6, 6.07) is 5.51. The first-order valence-corrected chi connectivity index (χ1v) is 8.74. The third kappa shape index (κ3) is 2.67. The van der Waals surface area contributed by atoms with Crippen molar-refractivity contribution in [2.24, 2.45) is 4.99 Å². The van der Waals surface area contributed by atoms with Gasteiger partial charge in [0.2, 0.25) is 12.7 Å². The van der Waals surface area contributed by atoms with E-state index in [0.717, 1.165) is 34.9 Å². The molecule has 0 bridgehead atoms. The van der Waals surface area contributed by atoms with Crippen molar-refractivity contribution in [1.29, 1.82) is 0 Å². The normalized spacial score (nSPS) is 23.7. The predicted octanol–water partition coefficient (Wildman–Crippen LogP) is 2.19. The maximum atomic E-state index is 12.4. The number of hydrogen-bond donors (Lipinski definition) is 0. The molecule has 118 valence electrons. The van der Waals surface area contributed by atoms with Gasteiger partial charge in [-0.25, -0.2) is 0 Å². The summed E-state index contributed by atoms with van der Waals surface area (Å²) in [7, 11) is 1.85. The van der Waals surface area contributed by atoms with E-state index >= 15 is 0 Å². The SMILES string of the molecule is CSCC[C@@H]1N=C(c2ccc3c(c2)OCO3)C(C)N(C)C1=O. The summed E-state index contributed by atoms with van der Waals surface area (Å²) in [5.74, 6) is 2.53. The van der Waals surface area contributed by atoms with Crippen LogP contribution in [0.25, 0.3) is 0 Å². The molecule has 2 aliphatic heterocycles. The topological polar surface area (TPSA) is 51.1 Å². The summed E-state index contributed by atoms with van der Waals surface area (Å²) in [6.45, 7) is 2.27. The van der Waals surface area contributed by atoms with Crippen molar-refractivity contribution in [2.45, 2.75) is 25.4 Å². The number of carbonyl (C=O) groups excluding carboxylic acids is 1. The number of nitrogens with zero attached hydrogens (tertiary/aromatic N) is 2. The van der Waals surface area contributed by atoms with Gasteiger partial charge >= 0.3 is 0 Å². The number of carbonyl (C=O) groups is 1. The van der Waals surface area contributed by atoms with E-state index in [1.54, 1.807) is 16.7 Å². The fourth-order valence-corrected chi connectivity index (χ4v) is 3.19. The summed E-state index contributed by atoms with van der Waals surface area (Å²) in [6.07, 6.45) is 2.81. The van der Waals surface area contributed by atoms with Gasteiger partial charge in [0.05, 0.1) is 11.8 Å². The Morgan fingerprint density at radius 2 is 2.14 bits per heavy atom. The molecule has 0 aromatic heterocycles. The lowest BCUT2D eigenvalue weighted by Crippen LogP contribution is -2.50. The molecule has 2 atom stereocenters. The second-order valence-corrected chi connectivity index (χ2v) is 6.49. The number of amides is 1. The molecule has 3 rings (SSSR count).